The average molecular weight is 445 g/mol. The van der Waals surface area contributed by atoms with Crippen LogP contribution in [-0.4, -0.2) is 48.8 Å². The number of ether oxygens (including phenoxy) is 2. The summed E-state index contributed by atoms with van der Waals surface area (Å²) in [4.78, 5) is 24.7. The van der Waals surface area contributed by atoms with Gasteiger partial charge >= 0.3 is 0 Å². The van der Waals surface area contributed by atoms with Crippen molar-refractivity contribution < 1.29 is 14.3 Å². The van der Waals surface area contributed by atoms with Crippen LogP contribution in [0.25, 0.3) is 11.4 Å². The van der Waals surface area contributed by atoms with E-state index in [1.165, 1.54) is 11.1 Å². The van der Waals surface area contributed by atoms with Crippen LogP contribution in [0.2, 0.25) is 0 Å². The zero-order valence-corrected chi connectivity index (χ0v) is 18.8. The molecule has 0 aliphatic carbocycles. The Labute approximate surface area is 193 Å². The normalized spacial score (nSPS) is 17.5. The van der Waals surface area contributed by atoms with Crippen molar-refractivity contribution in [1.82, 2.24) is 15.3 Å². The number of fused-ring (bicyclic) bond motifs is 1. The number of carbonyl (C=O) groups excluding carboxylic acids is 1. The topological polar surface area (TPSA) is 76.6 Å². The molecule has 3 heterocycles. The predicted octanol–water partition coefficient (Wildman–Crippen LogP) is 3.62. The van der Waals surface area contributed by atoms with Crippen molar-refractivity contribution in [2.75, 3.05) is 31.7 Å². The van der Waals surface area contributed by atoms with E-state index in [0.717, 1.165) is 43.7 Å². The van der Waals surface area contributed by atoms with Gasteiger partial charge < -0.3 is 19.7 Å². The summed E-state index contributed by atoms with van der Waals surface area (Å²) in [7, 11) is 1.64. The number of hydrogen-bond acceptors (Lipinski definition) is 6. The first kappa shape index (κ1) is 21.4. The van der Waals surface area contributed by atoms with Crippen molar-refractivity contribution in [3.05, 3.63) is 71.4 Å². The number of methoxy groups -OCH3 is 1. The number of nitrogens with one attached hydrogen (secondary N) is 1. The third kappa shape index (κ3) is 4.68. The Morgan fingerprint density at radius 1 is 1.18 bits per heavy atom. The summed E-state index contributed by atoms with van der Waals surface area (Å²) >= 11 is 0. The number of benzene rings is 2. The minimum atomic E-state index is -0.166. The fraction of sp³-hybridized carbons (Fsp3) is 0.346. The van der Waals surface area contributed by atoms with E-state index in [-0.39, 0.29) is 12.0 Å². The molecule has 1 saturated heterocycles. The first-order chi connectivity index (χ1) is 16.2. The molecule has 0 spiro atoms. The number of carbonyl (C=O) groups is 1. The van der Waals surface area contributed by atoms with Crippen LogP contribution in [0.15, 0.2) is 54.7 Å². The molecule has 0 bridgehead atoms. The number of anilines is 1. The molecule has 1 unspecified atom stereocenters. The third-order valence-corrected chi connectivity index (χ3v) is 6.31. The molecule has 170 valence electrons. The van der Waals surface area contributed by atoms with Gasteiger partial charge in [-0.2, -0.15) is 0 Å². The van der Waals surface area contributed by atoms with Crippen LogP contribution in [0, 0.1) is 0 Å². The van der Waals surface area contributed by atoms with Crippen molar-refractivity contribution >= 4 is 11.7 Å². The van der Waals surface area contributed by atoms with E-state index in [4.69, 9.17) is 14.5 Å². The highest BCUT2D eigenvalue weighted by atomic mass is 16.5. The Morgan fingerprint density at radius 3 is 2.76 bits per heavy atom. The summed E-state index contributed by atoms with van der Waals surface area (Å²) in [5, 5.41) is 3.03. The minimum Gasteiger partial charge on any atom is -0.497 e. The highest BCUT2D eigenvalue weighted by Gasteiger charge is 2.25. The van der Waals surface area contributed by atoms with Crippen LogP contribution in [0.5, 0.6) is 5.75 Å². The summed E-state index contributed by atoms with van der Waals surface area (Å²) in [6.07, 6.45) is 4.66. The number of amides is 1. The van der Waals surface area contributed by atoms with Gasteiger partial charge in [0.1, 0.15) is 17.1 Å². The van der Waals surface area contributed by atoms with Crippen LogP contribution < -0.4 is 15.0 Å². The van der Waals surface area contributed by atoms with Crippen molar-refractivity contribution in [2.24, 2.45) is 0 Å². The van der Waals surface area contributed by atoms with Gasteiger partial charge in [0, 0.05) is 38.0 Å². The van der Waals surface area contributed by atoms with Gasteiger partial charge in [0.2, 0.25) is 0 Å². The van der Waals surface area contributed by atoms with E-state index in [9.17, 15) is 4.79 Å². The SMILES string of the molecule is COc1ccc(-c2ncc(C(=O)NCC3CCCO3)c(N3CCc4ccccc4C3)n2)cc1. The molecule has 2 aliphatic heterocycles. The standard InChI is InChI=1S/C26H28N4O3/c1-32-21-10-8-19(9-11-21)24-27-16-23(26(31)28-15-22-7-4-14-33-22)25(29-24)30-13-12-18-5-2-3-6-20(18)17-30/h2-3,5-6,8-11,16,22H,4,7,12-15,17H2,1H3,(H,28,31). The largest absolute Gasteiger partial charge is 0.497 e. The Kier molecular flexibility index (Phi) is 6.21. The molecule has 0 saturated carbocycles. The second kappa shape index (κ2) is 9.58. The molecule has 33 heavy (non-hydrogen) atoms. The summed E-state index contributed by atoms with van der Waals surface area (Å²) in [6.45, 7) is 2.77. The Bertz CT molecular complexity index is 1130. The van der Waals surface area contributed by atoms with Crippen LogP contribution in [-0.2, 0) is 17.7 Å². The molecule has 3 aromatic rings. The van der Waals surface area contributed by atoms with Gasteiger partial charge in [-0.3, -0.25) is 4.79 Å². The van der Waals surface area contributed by atoms with Crippen molar-refractivity contribution in [3.63, 3.8) is 0 Å². The fourth-order valence-corrected chi connectivity index (χ4v) is 4.44. The van der Waals surface area contributed by atoms with E-state index >= 15 is 0 Å². The molecule has 1 N–H and O–H groups in total. The third-order valence-electron chi connectivity index (χ3n) is 6.31. The smallest absolute Gasteiger partial charge is 0.256 e. The minimum absolute atomic E-state index is 0.0822. The average Bonchev–Trinajstić information content (AvgIpc) is 3.40. The number of hydrogen-bond donors (Lipinski definition) is 1. The lowest BCUT2D eigenvalue weighted by Crippen LogP contribution is -2.36. The van der Waals surface area contributed by atoms with Gasteiger partial charge in [-0.1, -0.05) is 24.3 Å². The molecule has 7 nitrogen and oxygen atoms in total. The van der Waals surface area contributed by atoms with Crippen LogP contribution in [0.4, 0.5) is 5.82 Å². The molecule has 1 atom stereocenters. The molecule has 7 heteroatoms. The first-order valence-electron chi connectivity index (χ1n) is 11.4. The highest BCUT2D eigenvalue weighted by Crippen LogP contribution is 2.28. The van der Waals surface area contributed by atoms with E-state index in [2.05, 4.69) is 39.5 Å². The lowest BCUT2D eigenvalue weighted by atomic mass is 9.99. The van der Waals surface area contributed by atoms with Crippen LogP contribution in [0.1, 0.15) is 34.3 Å². The number of rotatable bonds is 6. The maximum Gasteiger partial charge on any atom is 0.256 e. The van der Waals surface area contributed by atoms with Gasteiger partial charge in [-0.15, -0.1) is 0 Å². The Hall–Kier alpha value is -3.45. The van der Waals surface area contributed by atoms with E-state index in [0.29, 0.717) is 30.3 Å². The number of aromatic nitrogens is 2. The van der Waals surface area contributed by atoms with Gasteiger partial charge in [0.05, 0.1) is 13.2 Å². The van der Waals surface area contributed by atoms with Crippen molar-refractivity contribution in [1.29, 1.82) is 0 Å². The lowest BCUT2D eigenvalue weighted by Gasteiger charge is -2.31. The van der Waals surface area contributed by atoms with Gasteiger partial charge in [-0.05, 0) is 54.7 Å². The molecular formula is C26H28N4O3. The van der Waals surface area contributed by atoms with Gasteiger partial charge in [0.25, 0.3) is 5.91 Å². The predicted molar refractivity (Wildman–Crippen MR) is 127 cm³/mol. The molecular weight excluding hydrogens is 416 g/mol. The van der Waals surface area contributed by atoms with E-state index in [1.54, 1.807) is 13.3 Å². The second-order valence-electron chi connectivity index (χ2n) is 8.44. The summed E-state index contributed by atoms with van der Waals surface area (Å²) in [5.41, 5.74) is 3.98. The van der Waals surface area contributed by atoms with Gasteiger partial charge in [-0.25, -0.2) is 9.97 Å². The highest BCUT2D eigenvalue weighted by molar-refractivity contribution is 5.99. The monoisotopic (exact) mass is 444 g/mol. The molecule has 2 aromatic carbocycles. The molecule has 5 rings (SSSR count). The lowest BCUT2D eigenvalue weighted by molar-refractivity contribution is 0.0857. The first-order valence-corrected chi connectivity index (χ1v) is 11.4. The second-order valence-corrected chi connectivity index (χ2v) is 8.44. The van der Waals surface area contributed by atoms with Crippen LogP contribution >= 0.6 is 0 Å². The maximum absolute atomic E-state index is 13.2. The molecule has 0 radical (unpaired) electrons. The Balaban J connectivity index is 1.46. The molecule has 1 amide bonds. The molecule has 1 fully saturated rings. The van der Waals surface area contributed by atoms with Crippen LogP contribution in [0.3, 0.4) is 0 Å². The van der Waals surface area contributed by atoms with Gasteiger partial charge in [0.15, 0.2) is 5.82 Å². The van der Waals surface area contributed by atoms with Crippen molar-refractivity contribution in [2.45, 2.75) is 31.9 Å². The Morgan fingerprint density at radius 2 is 2.00 bits per heavy atom. The summed E-state index contributed by atoms with van der Waals surface area (Å²) < 4.78 is 10.9. The fourth-order valence-electron chi connectivity index (χ4n) is 4.44. The zero-order valence-electron chi connectivity index (χ0n) is 18.8. The quantitative estimate of drug-likeness (QED) is 0.626. The van der Waals surface area contributed by atoms with E-state index < -0.39 is 0 Å². The van der Waals surface area contributed by atoms with E-state index in [1.807, 2.05) is 24.3 Å². The summed E-state index contributed by atoms with van der Waals surface area (Å²) in [5.74, 6) is 1.86. The molecule has 1 aromatic heterocycles. The van der Waals surface area contributed by atoms with Crippen molar-refractivity contribution in [3.8, 4) is 17.1 Å². The number of nitrogens with zero attached hydrogens (tertiary/aromatic N) is 3. The molecule has 2 aliphatic rings. The zero-order chi connectivity index (χ0) is 22.6. The summed E-state index contributed by atoms with van der Waals surface area (Å²) in [6, 6.07) is 16.1. The maximum atomic E-state index is 13.2.